The van der Waals surface area contributed by atoms with Crippen LogP contribution in [-0.4, -0.2) is 47.7 Å². The standard InChI is InChI=1S/C25H26N2O7/c1-16-20(23(28)32-3)21(18-10-7-11-19(14-18)27(30)31)22(25(2)26(16)12-13-34-25)24(29)33-15-17-8-5-4-6-9-17/h4-11,14,21-22H,12-13,15H2,1-3H3/t21-,22-,25+/m1/s1. The maximum Gasteiger partial charge on any atom is 0.336 e. The van der Waals surface area contributed by atoms with Crippen molar-refractivity contribution in [2.45, 2.75) is 32.1 Å². The molecule has 4 rings (SSSR count). The molecule has 0 saturated carbocycles. The van der Waals surface area contributed by atoms with Gasteiger partial charge >= 0.3 is 11.9 Å². The number of allylic oxidation sites excluding steroid dienone is 1. The molecule has 2 aliphatic heterocycles. The monoisotopic (exact) mass is 466 g/mol. The molecule has 178 valence electrons. The highest BCUT2D eigenvalue weighted by Crippen LogP contribution is 2.51. The average Bonchev–Trinajstić information content (AvgIpc) is 3.25. The van der Waals surface area contributed by atoms with Gasteiger partial charge in [-0.2, -0.15) is 0 Å². The van der Waals surface area contributed by atoms with Crippen LogP contribution in [0.2, 0.25) is 0 Å². The Morgan fingerprint density at radius 1 is 1.21 bits per heavy atom. The van der Waals surface area contributed by atoms with E-state index in [9.17, 15) is 19.7 Å². The molecule has 2 aromatic carbocycles. The van der Waals surface area contributed by atoms with Gasteiger partial charge in [0, 0.05) is 30.3 Å². The molecule has 9 nitrogen and oxygen atoms in total. The molecule has 0 spiro atoms. The number of nitrogens with zero attached hydrogens (tertiary/aromatic N) is 2. The number of carbonyl (C=O) groups is 2. The summed E-state index contributed by atoms with van der Waals surface area (Å²) in [7, 11) is 1.27. The van der Waals surface area contributed by atoms with Gasteiger partial charge < -0.3 is 19.1 Å². The summed E-state index contributed by atoms with van der Waals surface area (Å²) in [6.07, 6.45) is 0. The highest BCUT2D eigenvalue weighted by atomic mass is 16.6. The summed E-state index contributed by atoms with van der Waals surface area (Å²) in [5.41, 5.74) is 0.864. The van der Waals surface area contributed by atoms with Crippen LogP contribution in [0.5, 0.6) is 0 Å². The van der Waals surface area contributed by atoms with Crippen molar-refractivity contribution in [3.8, 4) is 0 Å². The third kappa shape index (κ3) is 4.03. The van der Waals surface area contributed by atoms with E-state index in [0.29, 0.717) is 24.4 Å². The van der Waals surface area contributed by atoms with Crippen molar-refractivity contribution in [3.05, 3.63) is 87.1 Å². The first-order valence-electron chi connectivity index (χ1n) is 10.9. The van der Waals surface area contributed by atoms with Gasteiger partial charge in [-0.1, -0.05) is 42.5 Å². The van der Waals surface area contributed by atoms with Gasteiger partial charge in [-0.25, -0.2) is 4.79 Å². The van der Waals surface area contributed by atoms with Crippen molar-refractivity contribution < 1.29 is 28.7 Å². The number of nitro benzene ring substituents is 1. The van der Waals surface area contributed by atoms with Gasteiger partial charge in [0.15, 0.2) is 5.72 Å². The Labute approximate surface area is 197 Å². The molecule has 0 unspecified atom stereocenters. The van der Waals surface area contributed by atoms with Gasteiger partial charge in [0.05, 0.1) is 24.2 Å². The van der Waals surface area contributed by atoms with Crippen molar-refractivity contribution >= 4 is 17.6 Å². The zero-order chi connectivity index (χ0) is 24.5. The van der Waals surface area contributed by atoms with Crippen LogP contribution < -0.4 is 0 Å². The number of non-ortho nitro benzene ring substituents is 1. The predicted molar refractivity (Wildman–Crippen MR) is 121 cm³/mol. The van der Waals surface area contributed by atoms with Gasteiger partial charge in [0.1, 0.15) is 12.5 Å². The van der Waals surface area contributed by atoms with Crippen molar-refractivity contribution in [1.82, 2.24) is 4.90 Å². The minimum absolute atomic E-state index is 0.0458. The lowest BCUT2D eigenvalue weighted by atomic mass is 9.71. The van der Waals surface area contributed by atoms with Gasteiger partial charge in [-0.15, -0.1) is 0 Å². The van der Waals surface area contributed by atoms with E-state index >= 15 is 0 Å². The van der Waals surface area contributed by atoms with E-state index in [4.69, 9.17) is 14.2 Å². The number of ether oxygens (including phenoxy) is 3. The van der Waals surface area contributed by atoms with Crippen LogP contribution in [0.1, 0.15) is 30.9 Å². The van der Waals surface area contributed by atoms with E-state index in [2.05, 4.69) is 0 Å². The molecule has 1 fully saturated rings. The molecular formula is C25H26N2O7. The van der Waals surface area contributed by atoms with Crippen LogP contribution in [0, 0.1) is 16.0 Å². The number of esters is 2. The molecule has 0 aromatic heterocycles. The Morgan fingerprint density at radius 2 is 1.94 bits per heavy atom. The summed E-state index contributed by atoms with van der Waals surface area (Å²) >= 11 is 0. The predicted octanol–water partition coefficient (Wildman–Crippen LogP) is 3.55. The van der Waals surface area contributed by atoms with Crippen LogP contribution in [0.25, 0.3) is 0 Å². The second-order valence-corrected chi connectivity index (χ2v) is 8.45. The minimum atomic E-state index is -1.11. The second-order valence-electron chi connectivity index (χ2n) is 8.45. The number of methoxy groups -OCH3 is 1. The van der Waals surface area contributed by atoms with Crippen LogP contribution in [0.4, 0.5) is 5.69 Å². The minimum Gasteiger partial charge on any atom is -0.466 e. The lowest BCUT2D eigenvalue weighted by Crippen LogP contribution is -2.57. The first-order chi connectivity index (χ1) is 16.3. The first-order valence-corrected chi connectivity index (χ1v) is 10.9. The zero-order valence-electron chi connectivity index (χ0n) is 19.2. The fraction of sp³-hybridized carbons (Fsp3) is 0.360. The van der Waals surface area contributed by atoms with Gasteiger partial charge in [0.25, 0.3) is 5.69 Å². The lowest BCUT2D eigenvalue weighted by Gasteiger charge is -2.48. The van der Waals surface area contributed by atoms with Crippen molar-refractivity contribution in [3.63, 3.8) is 0 Å². The maximum absolute atomic E-state index is 13.6. The van der Waals surface area contributed by atoms with Crippen LogP contribution in [0.15, 0.2) is 65.9 Å². The molecule has 0 radical (unpaired) electrons. The summed E-state index contributed by atoms with van der Waals surface area (Å²) in [4.78, 5) is 39.5. The molecule has 2 aliphatic rings. The zero-order valence-corrected chi connectivity index (χ0v) is 19.2. The molecule has 0 N–H and O–H groups in total. The van der Waals surface area contributed by atoms with E-state index < -0.39 is 34.4 Å². The third-order valence-corrected chi connectivity index (χ3v) is 6.58. The number of carbonyl (C=O) groups excluding carboxylic acids is 2. The quantitative estimate of drug-likeness (QED) is 0.361. The Bertz CT molecular complexity index is 1150. The maximum atomic E-state index is 13.6. The molecule has 1 saturated heterocycles. The van der Waals surface area contributed by atoms with Crippen LogP contribution in [0.3, 0.4) is 0 Å². The Kier molecular flexibility index (Phi) is 6.39. The van der Waals surface area contributed by atoms with Crippen molar-refractivity contribution in [2.75, 3.05) is 20.3 Å². The topological polar surface area (TPSA) is 108 Å². The fourth-order valence-electron chi connectivity index (χ4n) is 5.00. The highest BCUT2D eigenvalue weighted by Gasteiger charge is 2.58. The molecule has 9 heteroatoms. The summed E-state index contributed by atoms with van der Waals surface area (Å²) in [6.45, 7) is 4.44. The summed E-state index contributed by atoms with van der Waals surface area (Å²) in [6, 6.07) is 15.2. The summed E-state index contributed by atoms with van der Waals surface area (Å²) in [5.74, 6) is -3.01. The Morgan fingerprint density at radius 3 is 2.62 bits per heavy atom. The number of hydrogen-bond donors (Lipinski definition) is 0. The molecule has 0 bridgehead atoms. The van der Waals surface area contributed by atoms with Crippen LogP contribution >= 0.6 is 0 Å². The van der Waals surface area contributed by atoms with Crippen molar-refractivity contribution in [1.29, 1.82) is 0 Å². The molecular weight excluding hydrogens is 440 g/mol. The molecule has 34 heavy (non-hydrogen) atoms. The number of fused-ring (bicyclic) bond motifs is 1. The summed E-state index contributed by atoms with van der Waals surface area (Å²) in [5, 5.41) is 11.5. The summed E-state index contributed by atoms with van der Waals surface area (Å²) < 4.78 is 16.9. The van der Waals surface area contributed by atoms with E-state index in [1.54, 1.807) is 19.9 Å². The van der Waals surface area contributed by atoms with Gasteiger partial charge in [0.2, 0.25) is 0 Å². The van der Waals surface area contributed by atoms with E-state index in [1.165, 1.54) is 25.3 Å². The molecule has 2 heterocycles. The average molecular weight is 466 g/mol. The normalized spacial score (nSPS) is 23.9. The number of benzene rings is 2. The SMILES string of the molecule is COC(=O)C1=C(C)N2CCO[C@@]2(C)[C@@H](C(=O)OCc2ccccc2)[C@@H]1c1cccc([N+](=O)[O-])c1. The van der Waals surface area contributed by atoms with E-state index in [0.717, 1.165) is 5.56 Å². The number of rotatable bonds is 6. The number of hydrogen-bond acceptors (Lipinski definition) is 8. The smallest absolute Gasteiger partial charge is 0.336 e. The molecule has 0 aliphatic carbocycles. The third-order valence-electron chi connectivity index (χ3n) is 6.58. The highest BCUT2D eigenvalue weighted by molar-refractivity contribution is 5.93. The largest absolute Gasteiger partial charge is 0.466 e. The van der Waals surface area contributed by atoms with Crippen LogP contribution in [-0.2, 0) is 30.4 Å². The molecule has 0 amide bonds. The van der Waals surface area contributed by atoms with Gasteiger partial charge in [-0.3, -0.25) is 14.9 Å². The Balaban J connectivity index is 1.84. The molecule has 2 aromatic rings. The second kappa shape index (κ2) is 9.26. The van der Waals surface area contributed by atoms with Crippen molar-refractivity contribution in [2.24, 2.45) is 5.92 Å². The van der Waals surface area contributed by atoms with E-state index in [1.807, 2.05) is 35.2 Å². The molecule has 3 atom stereocenters. The Hall–Kier alpha value is -3.72. The number of nitro groups is 1. The fourth-order valence-corrected chi connectivity index (χ4v) is 5.00. The van der Waals surface area contributed by atoms with E-state index in [-0.39, 0.29) is 17.9 Å². The lowest BCUT2D eigenvalue weighted by molar-refractivity contribution is -0.384. The van der Waals surface area contributed by atoms with Gasteiger partial charge in [-0.05, 0) is 25.0 Å². The first kappa shape index (κ1) is 23.4.